The molecular weight excluding hydrogens is 274 g/mol. The van der Waals surface area contributed by atoms with Crippen molar-refractivity contribution in [3.63, 3.8) is 0 Å². The van der Waals surface area contributed by atoms with Crippen molar-refractivity contribution in [3.8, 4) is 0 Å². The Balaban J connectivity index is 1.84. The zero-order valence-electron chi connectivity index (χ0n) is 12.0. The lowest BCUT2D eigenvalue weighted by molar-refractivity contribution is -0.194. The lowest BCUT2D eigenvalue weighted by Gasteiger charge is -2.32. The van der Waals surface area contributed by atoms with Gasteiger partial charge in [0, 0.05) is 29.7 Å². The van der Waals surface area contributed by atoms with Crippen LogP contribution in [-0.2, 0) is 19.0 Å². The highest BCUT2D eigenvalue weighted by Crippen LogP contribution is 2.45. The van der Waals surface area contributed by atoms with Crippen LogP contribution in [-0.4, -0.2) is 37.1 Å². The van der Waals surface area contributed by atoms with E-state index < -0.39 is 17.8 Å². The number of carbonyl (C=O) groups is 1. The van der Waals surface area contributed by atoms with E-state index in [-0.39, 0.29) is 12.2 Å². The summed E-state index contributed by atoms with van der Waals surface area (Å²) in [4.78, 5) is 14.6. The maximum absolute atomic E-state index is 11.8. The molecule has 0 amide bonds. The van der Waals surface area contributed by atoms with E-state index in [1.807, 2.05) is 0 Å². The first-order chi connectivity index (χ1) is 10.2. The Morgan fingerprint density at radius 2 is 2.19 bits per heavy atom. The van der Waals surface area contributed by atoms with Crippen LogP contribution in [0.25, 0.3) is 10.4 Å². The average molecular weight is 293 g/mol. The van der Waals surface area contributed by atoms with Crippen LogP contribution in [0, 0.1) is 0 Å². The standard InChI is InChI=1S/C14H19N3O4/c1-19-13(18)9-7-10(16-17-15)12-11(8-9)20-14(21-12)5-3-2-4-6-14/h7,10-12H,2-6,8H2,1H3. The lowest BCUT2D eigenvalue weighted by Crippen LogP contribution is -2.38. The summed E-state index contributed by atoms with van der Waals surface area (Å²) >= 11 is 0. The molecule has 1 heterocycles. The zero-order chi connectivity index (χ0) is 14.9. The van der Waals surface area contributed by atoms with E-state index in [1.54, 1.807) is 6.08 Å². The van der Waals surface area contributed by atoms with Crippen molar-refractivity contribution in [2.24, 2.45) is 5.11 Å². The Bertz CT molecular complexity index is 506. The molecule has 2 aliphatic carbocycles. The molecule has 0 bridgehead atoms. The van der Waals surface area contributed by atoms with Crippen LogP contribution in [0.5, 0.6) is 0 Å². The number of hydrogen-bond acceptors (Lipinski definition) is 5. The number of esters is 1. The van der Waals surface area contributed by atoms with Gasteiger partial charge in [0.2, 0.25) is 0 Å². The van der Waals surface area contributed by atoms with Gasteiger partial charge in [0.15, 0.2) is 5.79 Å². The van der Waals surface area contributed by atoms with Gasteiger partial charge in [-0.1, -0.05) is 17.6 Å². The van der Waals surface area contributed by atoms with E-state index in [2.05, 4.69) is 10.0 Å². The molecule has 3 unspecified atom stereocenters. The Labute approximate surface area is 122 Å². The first-order valence-electron chi connectivity index (χ1n) is 7.36. The van der Waals surface area contributed by atoms with Gasteiger partial charge in [-0.3, -0.25) is 0 Å². The van der Waals surface area contributed by atoms with Gasteiger partial charge in [-0.05, 0) is 18.4 Å². The van der Waals surface area contributed by atoms with Gasteiger partial charge in [0.05, 0.1) is 25.4 Å². The van der Waals surface area contributed by atoms with Crippen molar-refractivity contribution >= 4 is 5.97 Å². The second-order valence-corrected chi connectivity index (χ2v) is 5.79. The highest BCUT2D eigenvalue weighted by molar-refractivity contribution is 5.88. The van der Waals surface area contributed by atoms with Crippen LogP contribution in [0.1, 0.15) is 38.5 Å². The third-order valence-electron chi connectivity index (χ3n) is 4.46. The normalized spacial score (nSPS) is 33.8. The van der Waals surface area contributed by atoms with E-state index >= 15 is 0 Å². The Kier molecular flexibility index (Phi) is 3.89. The molecule has 3 atom stereocenters. The van der Waals surface area contributed by atoms with Gasteiger partial charge < -0.3 is 14.2 Å². The van der Waals surface area contributed by atoms with Crippen molar-refractivity contribution in [2.75, 3.05) is 7.11 Å². The summed E-state index contributed by atoms with van der Waals surface area (Å²) in [6, 6.07) is -0.524. The Hall–Kier alpha value is -1.56. The van der Waals surface area contributed by atoms with Crippen LogP contribution in [0.3, 0.4) is 0 Å². The largest absolute Gasteiger partial charge is 0.466 e. The molecule has 7 heteroatoms. The van der Waals surface area contributed by atoms with Crippen molar-refractivity contribution < 1.29 is 19.0 Å². The number of fused-ring (bicyclic) bond motifs is 1. The molecule has 114 valence electrons. The molecule has 0 aromatic rings. The third-order valence-corrected chi connectivity index (χ3v) is 4.46. The SMILES string of the molecule is COC(=O)C1=CC(N=[N+]=[N-])C2OC3(CCCCC3)OC2C1. The number of ether oxygens (including phenoxy) is 3. The molecule has 1 saturated heterocycles. The molecule has 0 N–H and O–H groups in total. The molecule has 0 aromatic carbocycles. The van der Waals surface area contributed by atoms with Crippen LogP contribution >= 0.6 is 0 Å². The van der Waals surface area contributed by atoms with Gasteiger partial charge >= 0.3 is 5.97 Å². The molecule has 1 spiro atoms. The highest BCUT2D eigenvalue weighted by atomic mass is 16.8. The number of carbonyl (C=O) groups excluding carboxylic acids is 1. The minimum absolute atomic E-state index is 0.252. The summed E-state index contributed by atoms with van der Waals surface area (Å²) in [7, 11) is 1.34. The number of nitrogens with zero attached hydrogens (tertiary/aromatic N) is 3. The highest BCUT2D eigenvalue weighted by Gasteiger charge is 2.52. The van der Waals surface area contributed by atoms with E-state index in [0.717, 1.165) is 25.7 Å². The van der Waals surface area contributed by atoms with E-state index in [9.17, 15) is 4.79 Å². The Morgan fingerprint density at radius 1 is 1.43 bits per heavy atom. The maximum Gasteiger partial charge on any atom is 0.333 e. The van der Waals surface area contributed by atoms with Crippen LogP contribution < -0.4 is 0 Å². The quantitative estimate of drug-likeness (QED) is 0.338. The van der Waals surface area contributed by atoms with E-state index in [0.29, 0.717) is 12.0 Å². The summed E-state index contributed by atoms with van der Waals surface area (Å²) in [5.41, 5.74) is 9.23. The topological polar surface area (TPSA) is 93.5 Å². The lowest BCUT2D eigenvalue weighted by atomic mass is 9.91. The summed E-state index contributed by atoms with van der Waals surface area (Å²) in [6.07, 6.45) is 6.58. The van der Waals surface area contributed by atoms with Crippen molar-refractivity contribution in [3.05, 3.63) is 22.1 Å². The minimum atomic E-state index is -0.559. The molecular formula is C14H19N3O4. The molecule has 3 aliphatic rings. The maximum atomic E-state index is 11.8. The molecule has 2 fully saturated rings. The Morgan fingerprint density at radius 3 is 2.86 bits per heavy atom. The van der Waals surface area contributed by atoms with Crippen molar-refractivity contribution in [2.45, 2.75) is 62.6 Å². The van der Waals surface area contributed by atoms with Gasteiger partial charge in [0.25, 0.3) is 0 Å². The summed E-state index contributed by atoms with van der Waals surface area (Å²) in [5.74, 6) is -0.962. The number of methoxy groups -OCH3 is 1. The monoisotopic (exact) mass is 293 g/mol. The predicted molar refractivity (Wildman–Crippen MR) is 73.2 cm³/mol. The van der Waals surface area contributed by atoms with Gasteiger partial charge in [-0.15, -0.1) is 0 Å². The summed E-state index contributed by atoms with van der Waals surface area (Å²) < 4.78 is 17.0. The predicted octanol–water partition coefficient (Wildman–Crippen LogP) is 2.61. The second-order valence-electron chi connectivity index (χ2n) is 5.79. The van der Waals surface area contributed by atoms with Crippen molar-refractivity contribution in [1.82, 2.24) is 0 Å². The second kappa shape index (κ2) is 5.67. The fraction of sp³-hybridized carbons (Fsp3) is 0.786. The van der Waals surface area contributed by atoms with Crippen LogP contribution in [0.2, 0.25) is 0 Å². The van der Waals surface area contributed by atoms with E-state index in [1.165, 1.54) is 13.5 Å². The summed E-state index contributed by atoms with van der Waals surface area (Å²) in [6.45, 7) is 0. The fourth-order valence-electron chi connectivity index (χ4n) is 3.50. The first kappa shape index (κ1) is 14.4. The number of hydrogen-bond donors (Lipinski definition) is 0. The molecule has 7 nitrogen and oxygen atoms in total. The number of rotatable bonds is 2. The van der Waals surface area contributed by atoms with Gasteiger partial charge in [0.1, 0.15) is 0 Å². The third kappa shape index (κ3) is 2.64. The minimum Gasteiger partial charge on any atom is -0.466 e. The molecule has 1 saturated carbocycles. The molecule has 21 heavy (non-hydrogen) atoms. The average Bonchev–Trinajstić information content (AvgIpc) is 2.85. The first-order valence-corrected chi connectivity index (χ1v) is 7.36. The van der Waals surface area contributed by atoms with Gasteiger partial charge in [-0.2, -0.15) is 0 Å². The molecule has 1 aliphatic heterocycles. The smallest absolute Gasteiger partial charge is 0.333 e. The van der Waals surface area contributed by atoms with Gasteiger partial charge in [-0.25, -0.2) is 4.79 Å². The number of azide groups is 1. The molecule has 3 rings (SSSR count). The molecule has 0 aromatic heterocycles. The fourth-order valence-corrected chi connectivity index (χ4v) is 3.50. The van der Waals surface area contributed by atoms with Crippen molar-refractivity contribution in [1.29, 1.82) is 0 Å². The molecule has 0 radical (unpaired) electrons. The zero-order valence-corrected chi connectivity index (χ0v) is 12.0. The van der Waals surface area contributed by atoms with Crippen LogP contribution in [0.4, 0.5) is 0 Å². The van der Waals surface area contributed by atoms with E-state index in [4.69, 9.17) is 19.7 Å². The summed E-state index contributed by atoms with van der Waals surface area (Å²) in [5, 5.41) is 3.76. The van der Waals surface area contributed by atoms with Crippen LogP contribution in [0.15, 0.2) is 16.8 Å².